The van der Waals surface area contributed by atoms with Crippen molar-refractivity contribution in [1.82, 2.24) is 20.7 Å². The van der Waals surface area contributed by atoms with Crippen molar-refractivity contribution in [2.24, 2.45) is 5.92 Å². The molecular formula is C25H24N4O4. The SMILES string of the molecule is O=C1NC(=O)C(Cc2ccccc2)(C2CCN(C(=O)c3cc(-c4ccccc4)no3)CC2)N1. The molecule has 8 nitrogen and oxygen atoms in total. The number of urea groups is 1. The van der Waals surface area contributed by atoms with Crippen LogP contribution in [0.4, 0.5) is 4.79 Å². The Morgan fingerprint density at radius 1 is 1.03 bits per heavy atom. The van der Waals surface area contributed by atoms with Crippen molar-refractivity contribution in [2.45, 2.75) is 24.8 Å². The zero-order chi connectivity index (χ0) is 22.8. The van der Waals surface area contributed by atoms with E-state index in [1.807, 2.05) is 60.7 Å². The molecule has 2 fully saturated rings. The maximum absolute atomic E-state index is 13.0. The number of aromatic nitrogens is 1. The third kappa shape index (κ3) is 4.00. The van der Waals surface area contributed by atoms with Crippen LogP contribution in [-0.4, -0.2) is 46.5 Å². The van der Waals surface area contributed by atoms with Gasteiger partial charge in [0, 0.05) is 31.1 Å². The molecule has 2 N–H and O–H groups in total. The van der Waals surface area contributed by atoms with Gasteiger partial charge in [-0.1, -0.05) is 65.8 Å². The molecule has 33 heavy (non-hydrogen) atoms. The first-order valence-corrected chi connectivity index (χ1v) is 11.0. The van der Waals surface area contributed by atoms with Crippen LogP contribution in [0.15, 0.2) is 71.3 Å². The zero-order valence-electron chi connectivity index (χ0n) is 18.0. The molecule has 5 rings (SSSR count). The number of piperidine rings is 1. The molecule has 1 aromatic heterocycles. The summed E-state index contributed by atoms with van der Waals surface area (Å²) in [4.78, 5) is 39.7. The van der Waals surface area contributed by atoms with Gasteiger partial charge in [0.05, 0.1) is 0 Å². The highest BCUT2D eigenvalue weighted by Gasteiger charge is 2.52. The van der Waals surface area contributed by atoms with Crippen molar-refractivity contribution in [3.05, 3.63) is 78.1 Å². The number of amides is 4. The van der Waals surface area contributed by atoms with E-state index in [0.717, 1.165) is 11.1 Å². The summed E-state index contributed by atoms with van der Waals surface area (Å²) in [6.45, 7) is 0.926. The second-order valence-electron chi connectivity index (χ2n) is 8.55. The average molecular weight is 444 g/mol. The standard InChI is InChI=1S/C25H24N4O4/c30-22(21-15-20(28-33-21)18-9-5-2-6-10-18)29-13-11-19(12-14-29)25(23(31)26-24(32)27-25)16-17-7-3-1-4-8-17/h1-10,15,19H,11-14,16H2,(H2,26,27,31,32). The number of nitrogens with zero attached hydrogens (tertiary/aromatic N) is 2. The third-order valence-electron chi connectivity index (χ3n) is 6.56. The quantitative estimate of drug-likeness (QED) is 0.589. The summed E-state index contributed by atoms with van der Waals surface area (Å²) in [5.74, 6) is -0.426. The molecule has 2 saturated heterocycles. The Morgan fingerprint density at radius 3 is 2.33 bits per heavy atom. The molecular weight excluding hydrogens is 420 g/mol. The second-order valence-corrected chi connectivity index (χ2v) is 8.55. The maximum Gasteiger partial charge on any atom is 0.322 e. The predicted octanol–water partition coefficient (Wildman–Crippen LogP) is 3.01. The summed E-state index contributed by atoms with van der Waals surface area (Å²) in [5, 5.41) is 9.35. The monoisotopic (exact) mass is 444 g/mol. The summed E-state index contributed by atoms with van der Waals surface area (Å²) < 4.78 is 5.33. The largest absolute Gasteiger partial charge is 0.350 e. The molecule has 0 aliphatic carbocycles. The Hall–Kier alpha value is -3.94. The van der Waals surface area contributed by atoms with Gasteiger partial charge in [-0.25, -0.2) is 4.79 Å². The summed E-state index contributed by atoms with van der Waals surface area (Å²) in [5.41, 5.74) is 1.45. The molecule has 2 aromatic carbocycles. The molecule has 2 aliphatic heterocycles. The fourth-order valence-electron chi connectivity index (χ4n) is 4.83. The minimum Gasteiger partial charge on any atom is -0.350 e. The predicted molar refractivity (Wildman–Crippen MR) is 120 cm³/mol. The first-order chi connectivity index (χ1) is 16.0. The number of imide groups is 1. The zero-order valence-corrected chi connectivity index (χ0v) is 18.0. The van der Waals surface area contributed by atoms with Crippen LogP contribution in [-0.2, 0) is 11.2 Å². The van der Waals surface area contributed by atoms with E-state index in [0.29, 0.717) is 38.0 Å². The van der Waals surface area contributed by atoms with E-state index < -0.39 is 11.6 Å². The molecule has 0 spiro atoms. The van der Waals surface area contributed by atoms with E-state index in [2.05, 4.69) is 15.8 Å². The Morgan fingerprint density at radius 2 is 1.70 bits per heavy atom. The van der Waals surface area contributed by atoms with Crippen LogP contribution < -0.4 is 10.6 Å². The molecule has 4 amide bonds. The number of hydrogen-bond donors (Lipinski definition) is 2. The Bertz CT molecular complexity index is 1170. The van der Waals surface area contributed by atoms with E-state index >= 15 is 0 Å². The van der Waals surface area contributed by atoms with E-state index in [4.69, 9.17) is 4.52 Å². The van der Waals surface area contributed by atoms with Gasteiger partial charge < -0.3 is 14.7 Å². The fourth-order valence-corrected chi connectivity index (χ4v) is 4.83. The van der Waals surface area contributed by atoms with Gasteiger partial charge in [-0.05, 0) is 24.3 Å². The number of likely N-dealkylation sites (tertiary alicyclic amines) is 1. The first-order valence-electron chi connectivity index (χ1n) is 11.0. The number of rotatable bonds is 5. The van der Waals surface area contributed by atoms with Crippen LogP contribution in [0.2, 0.25) is 0 Å². The number of carbonyl (C=O) groups excluding carboxylic acids is 3. The van der Waals surface area contributed by atoms with Gasteiger partial charge in [-0.15, -0.1) is 0 Å². The Kier molecular flexibility index (Phi) is 5.42. The lowest BCUT2D eigenvalue weighted by Gasteiger charge is -2.40. The van der Waals surface area contributed by atoms with Crippen molar-refractivity contribution >= 4 is 17.8 Å². The van der Waals surface area contributed by atoms with Gasteiger partial charge in [-0.3, -0.25) is 14.9 Å². The lowest BCUT2D eigenvalue weighted by molar-refractivity contribution is -0.126. The van der Waals surface area contributed by atoms with Crippen LogP contribution >= 0.6 is 0 Å². The smallest absolute Gasteiger partial charge is 0.322 e. The Labute approximate surface area is 190 Å². The lowest BCUT2D eigenvalue weighted by atomic mass is 9.74. The van der Waals surface area contributed by atoms with Crippen molar-refractivity contribution in [2.75, 3.05) is 13.1 Å². The van der Waals surface area contributed by atoms with Crippen LogP contribution in [0.25, 0.3) is 11.3 Å². The van der Waals surface area contributed by atoms with Gasteiger partial charge in [0.15, 0.2) is 0 Å². The van der Waals surface area contributed by atoms with Crippen LogP contribution in [0, 0.1) is 5.92 Å². The van der Waals surface area contributed by atoms with E-state index in [9.17, 15) is 14.4 Å². The van der Waals surface area contributed by atoms with Crippen molar-refractivity contribution in [1.29, 1.82) is 0 Å². The highest BCUT2D eigenvalue weighted by molar-refractivity contribution is 6.07. The van der Waals surface area contributed by atoms with Crippen molar-refractivity contribution in [3.63, 3.8) is 0 Å². The average Bonchev–Trinajstić information content (AvgIpc) is 3.45. The molecule has 1 atom stereocenters. The number of hydrogen-bond acceptors (Lipinski definition) is 5. The van der Waals surface area contributed by atoms with Crippen LogP contribution in [0.1, 0.15) is 29.0 Å². The molecule has 3 heterocycles. The minimum atomic E-state index is -1.01. The normalized spacial score (nSPS) is 21.0. The summed E-state index contributed by atoms with van der Waals surface area (Å²) in [6.07, 6.45) is 1.59. The van der Waals surface area contributed by atoms with E-state index in [1.165, 1.54) is 0 Å². The lowest BCUT2D eigenvalue weighted by Crippen LogP contribution is -2.57. The van der Waals surface area contributed by atoms with Crippen molar-refractivity contribution < 1.29 is 18.9 Å². The summed E-state index contributed by atoms with van der Waals surface area (Å²) in [7, 11) is 0. The van der Waals surface area contributed by atoms with E-state index in [-0.39, 0.29) is 23.5 Å². The molecule has 0 saturated carbocycles. The van der Waals surface area contributed by atoms with Crippen LogP contribution in [0.3, 0.4) is 0 Å². The number of nitrogens with one attached hydrogen (secondary N) is 2. The summed E-state index contributed by atoms with van der Waals surface area (Å²) >= 11 is 0. The molecule has 0 radical (unpaired) electrons. The molecule has 2 aliphatic rings. The highest BCUT2D eigenvalue weighted by atomic mass is 16.5. The van der Waals surface area contributed by atoms with Gasteiger partial charge in [0.1, 0.15) is 11.2 Å². The number of benzene rings is 2. The summed E-state index contributed by atoms with van der Waals surface area (Å²) in [6, 6.07) is 20.4. The molecule has 3 aromatic rings. The van der Waals surface area contributed by atoms with Crippen molar-refractivity contribution in [3.8, 4) is 11.3 Å². The van der Waals surface area contributed by atoms with Gasteiger partial charge >= 0.3 is 6.03 Å². The number of carbonyl (C=O) groups is 3. The molecule has 0 bridgehead atoms. The van der Waals surface area contributed by atoms with Gasteiger partial charge in [0.2, 0.25) is 5.76 Å². The minimum absolute atomic E-state index is 0.0946. The van der Waals surface area contributed by atoms with E-state index in [1.54, 1.807) is 11.0 Å². The second kappa shape index (κ2) is 8.54. The van der Waals surface area contributed by atoms with Crippen LogP contribution in [0.5, 0.6) is 0 Å². The topological polar surface area (TPSA) is 105 Å². The highest BCUT2D eigenvalue weighted by Crippen LogP contribution is 2.34. The van der Waals surface area contributed by atoms with Gasteiger partial charge in [0.25, 0.3) is 11.8 Å². The molecule has 168 valence electrons. The first kappa shape index (κ1) is 20.9. The molecule has 1 unspecified atom stereocenters. The third-order valence-corrected chi connectivity index (χ3v) is 6.56. The molecule has 8 heteroatoms. The Balaban J connectivity index is 1.29. The fraction of sp³-hybridized carbons (Fsp3) is 0.280. The maximum atomic E-state index is 13.0. The van der Waals surface area contributed by atoms with Gasteiger partial charge in [-0.2, -0.15) is 0 Å².